The molecule has 0 aliphatic heterocycles. The first-order valence-electron chi connectivity index (χ1n) is 4.13. The maximum absolute atomic E-state index is 10.6. The van der Waals surface area contributed by atoms with Gasteiger partial charge in [0.25, 0.3) is 0 Å². The molecule has 2 heterocycles. The van der Waals surface area contributed by atoms with Gasteiger partial charge in [0.1, 0.15) is 5.69 Å². The van der Waals surface area contributed by atoms with E-state index in [-0.39, 0.29) is 5.69 Å². The highest BCUT2D eigenvalue weighted by molar-refractivity contribution is 7.09. The minimum absolute atomic E-state index is 0.164. The molecule has 0 saturated carbocycles. The zero-order chi connectivity index (χ0) is 10.8. The first-order valence-corrected chi connectivity index (χ1v) is 4.91. The smallest absolute Gasteiger partial charge is 0.352 e. The molecule has 0 spiro atoms. The second-order valence-corrected chi connectivity index (χ2v) is 3.65. The quantitative estimate of drug-likeness (QED) is 0.834. The van der Waals surface area contributed by atoms with E-state index in [1.807, 2.05) is 0 Å². The summed E-state index contributed by atoms with van der Waals surface area (Å²) in [4.78, 5) is 14.2. The first-order chi connectivity index (χ1) is 7.20. The van der Waals surface area contributed by atoms with Crippen LogP contribution in [0.3, 0.4) is 0 Å². The Kier molecular flexibility index (Phi) is 2.42. The van der Waals surface area contributed by atoms with Crippen LogP contribution in [-0.4, -0.2) is 27.5 Å². The van der Waals surface area contributed by atoms with Crippen LogP contribution in [0.2, 0.25) is 0 Å². The van der Waals surface area contributed by atoms with Crippen molar-refractivity contribution in [1.82, 2.24) is 9.36 Å². The van der Waals surface area contributed by atoms with Crippen LogP contribution in [-0.2, 0) is 0 Å². The summed E-state index contributed by atoms with van der Waals surface area (Å²) >= 11 is 1.26. The molecule has 0 bridgehead atoms. The Morgan fingerprint density at radius 3 is 2.93 bits per heavy atom. The maximum Gasteiger partial charge on any atom is 0.352 e. The number of aromatic carboxylic acids is 1. The zero-order valence-corrected chi connectivity index (χ0v) is 8.67. The standard InChI is InChI=1S/C9H8N2O3S/c1-14-8-3-7(15-11-8)5-2-6(9(12)13)10-4-5/h2-4,10H,1H3,(H,12,13). The number of nitrogens with zero attached hydrogens (tertiary/aromatic N) is 1. The van der Waals surface area contributed by atoms with Gasteiger partial charge in [0, 0.05) is 17.8 Å². The summed E-state index contributed by atoms with van der Waals surface area (Å²) in [5, 5.41) is 8.73. The number of carbonyl (C=O) groups is 1. The molecule has 6 heteroatoms. The molecule has 0 radical (unpaired) electrons. The molecular weight excluding hydrogens is 216 g/mol. The van der Waals surface area contributed by atoms with E-state index in [0.29, 0.717) is 5.88 Å². The van der Waals surface area contributed by atoms with Crippen molar-refractivity contribution in [2.24, 2.45) is 0 Å². The lowest BCUT2D eigenvalue weighted by Crippen LogP contribution is -1.94. The number of carboxylic acids is 1. The van der Waals surface area contributed by atoms with Crippen molar-refractivity contribution in [2.75, 3.05) is 7.11 Å². The zero-order valence-electron chi connectivity index (χ0n) is 7.85. The van der Waals surface area contributed by atoms with Gasteiger partial charge in [-0.25, -0.2) is 4.79 Å². The van der Waals surface area contributed by atoms with E-state index in [0.717, 1.165) is 10.4 Å². The third kappa shape index (κ3) is 1.84. The number of nitrogens with one attached hydrogen (secondary N) is 1. The van der Waals surface area contributed by atoms with E-state index < -0.39 is 5.97 Å². The van der Waals surface area contributed by atoms with Crippen molar-refractivity contribution in [3.05, 3.63) is 24.0 Å². The molecule has 2 rings (SSSR count). The van der Waals surface area contributed by atoms with Gasteiger partial charge in [-0.3, -0.25) is 0 Å². The van der Waals surface area contributed by atoms with Crippen molar-refractivity contribution in [3.63, 3.8) is 0 Å². The van der Waals surface area contributed by atoms with Crippen LogP contribution >= 0.6 is 11.5 Å². The summed E-state index contributed by atoms with van der Waals surface area (Å²) in [5.41, 5.74) is 0.963. The van der Waals surface area contributed by atoms with Crippen LogP contribution in [0, 0.1) is 0 Å². The Morgan fingerprint density at radius 1 is 1.60 bits per heavy atom. The second-order valence-electron chi connectivity index (χ2n) is 2.84. The number of hydrogen-bond acceptors (Lipinski definition) is 4. The summed E-state index contributed by atoms with van der Waals surface area (Å²) in [5.74, 6) is -0.439. The molecule has 0 saturated heterocycles. The fourth-order valence-corrected chi connectivity index (χ4v) is 1.84. The van der Waals surface area contributed by atoms with Gasteiger partial charge in [0.15, 0.2) is 0 Å². The Balaban J connectivity index is 2.32. The van der Waals surface area contributed by atoms with Gasteiger partial charge < -0.3 is 14.8 Å². The van der Waals surface area contributed by atoms with Crippen LogP contribution in [0.25, 0.3) is 10.4 Å². The average molecular weight is 224 g/mol. The third-order valence-electron chi connectivity index (χ3n) is 1.90. The minimum atomic E-state index is -0.974. The lowest BCUT2D eigenvalue weighted by molar-refractivity contribution is 0.0691. The van der Waals surface area contributed by atoms with Crippen LogP contribution in [0.4, 0.5) is 0 Å². The summed E-state index contributed by atoms with van der Waals surface area (Å²) in [7, 11) is 1.54. The predicted octanol–water partition coefficient (Wildman–Crippen LogP) is 1.84. The first kappa shape index (κ1) is 9.72. The minimum Gasteiger partial charge on any atom is -0.480 e. The van der Waals surface area contributed by atoms with Crippen molar-refractivity contribution < 1.29 is 14.6 Å². The Labute approximate surface area is 89.5 Å². The Morgan fingerprint density at radius 2 is 2.40 bits per heavy atom. The van der Waals surface area contributed by atoms with Crippen molar-refractivity contribution in [1.29, 1.82) is 0 Å². The molecule has 0 fully saturated rings. The molecule has 0 atom stereocenters. The maximum atomic E-state index is 10.6. The lowest BCUT2D eigenvalue weighted by Gasteiger charge is -1.87. The predicted molar refractivity (Wildman–Crippen MR) is 55.4 cm³/mol. The van der Waals surface area contributed by atoms with Crippen molar-refractivity contribution >= 4 is 17.5 Å². The van der Waals surface area contributed by atoms with E-state index in [1.165, 1.54) is 11.5 Å². The highest BCUT2D eigenvalue weighted by atomic mass is 32.1. The largest absolute Gasteiger partial charge is 0.480 e. The normalized spacial score (nSPS) is 10.2. The number of carboxylic acid groups (broad SMARTS) is 1. The third-order valence-corrected chi connectivity index (χ3v) is 2.72. The topological polar surface area (TPSA) is 75.2 Å². The molecule has 0 amide bonds. The van der Waals surface area contributed by atoms with Gasteiger partial charge in [0.2, 0.25) is 5.88 Å². The molecule has 0 unspecified atom stereocenters. The molecular formula is C9H8N2O3S. The number of aromatic amines is 1. The molecule has 0 aromatic carbocycles. The monoisotopic (exact) mass is 224 g/mol. The molecule has 78 valence electrons. The summed E-state index contributed by atoms with van der Waals surface area (Å²) in [6.45, 7) is 0. The van der Waals surface area contributed by atoms with E-state index in [1.54, 1.807) is 25.4 Å². The number of methoxy groups -OCH3 is 1. The van der Waals surface area contributed by atoms with Gasteiger partial charge in [-0.15, -0.1) is 0 Å². The van der Waals surface area contributed by atoms with E-state index in [2.05, 4.69) is 9.36 Å². The van der Waals surface area contributed by atoms with Crippen molar-refractivity contribution in [3.8, 4) is 16.3 Å². The van der Waals surface area contributed by atoms with Gasteiger partial charge in [-0.05, 0) is 17.6 Å². The summed E-state index contributed by atoms with van der Waals surface area (Å²) < 4.78 is 8.97. The fraction of sp³-hybridized carbons (Fsp3) is 0.111. The van der Waals surface area contributed by atoms with E-state index in [9.17, 15) is 4.79 Å². The molecule has 2 N–H and O–H groups in total. The highest BCUT2D eigenvalue weighted by Gasteiger charge is 2.10. The summed E-state index contributed by atoms with van der Waals surface area (Å²) in [6, 6.07) is 3.33. The fourth-order valence-electron chi connectivity index (χ4n) is 1.15. The molecule has 0 aliphatic carbocycles. The number of aromatic nitrogens is 2. The lowest BCUT2D eigenvalue weighted by atomic mass is 10.2. The van der Waals surface area contributed by atoms with Crippen LogP contribution in [0.15, 0.2) is 18.3 Å². The summed E-state index contributed by atoms with van der Waals surface area (Å²) in [6.07, 6.45) is 1.64. The molecule has 15 heavy (non-hydrogen) atoms. The molecule has 2 aromatic heterocycles. The Hall–Kier alpha value is -1.82. The van der Waals surface area contributed by atoms with Crippen molar-refractivity contribution in [2.45, 2.75) is 0 Å². The molecule has 2 aromatic rings. The molecule has 0 aliphatic rings. The Bertz CT molecular complexity index is 489. The van der Waals surface area contributed by atoms with E-state index in [4.69, 9.17) is 9.84 Å². The van der Waals surface area contributed by atoms with Gasteiger partial charge in [-0.1, -0.05) is 0 Å². The number of hydrogen-bond donors (Lipinski definition) is 2. The SMILES string of the molecule is COc1cc(-c2c[nH]c(C(=O)O)c2)sn1. The van der Waals surface area contributed by atoms with Gasteiger partial charge in [0.05, 0.1) is 12.0 Å². The van der Waals surface area contributed by atoms with Gasteiger partial charge >= 0.3 is 5.97 Å². The van der Waals surface area contributed by atoms with E-state index >= 15 is 0 Å². The average Bonchev–Trinajstić information content (AvgIpc) is 2.86. The second kappa shape index (κ2) is 3.74. The van der Waals surface area contributed by atoms with Crippen LogP contribution in [0.5, 0.6) is 5.88 Å². The number of H-pyrrole nitrogens is 1. The van der Waals surface area contributed by atoms with Gasteiger partial charge in [-0.2, -0.15) is 4.37 Å². The van der Waals surface area contributed by atoms with Crippen LogP contribution < -0.4 is 4.74 Å². The number of ether oxygens (including phenoxy) is 1. The molecule has 5 nitrogen and oxygen atoms in total. The number of rotatable bonds is 3. The highest BCUT2D eigenvalue weighted by Crippen LogP contribution is 2.28. The van der Waals surface area contributed by atoms with Crippen LogP contribution in [0.1, 0.15) is 10.5 Å².